The van der Waals surface area contributed by atoms with Crippen molar-refractivity contribution in [1.82, 2.24) is 0 Å². The zero-order valence-corrected chi connectivity index (χ0v) is 16.6. The maximum Gasteiger partial charge on any atom is 0.328 e. The Bertz CT molecular complexity index is 822. The molecule has 0 spiro atoms. The normalized spacial score (nSPS) is 49.1. The zero-order chi connectivity index (χ0) is 19.8. The molecule has 150 valence electrons. The van der Waals surface area contributed by atoms with Gasteiger partial charge in [0.25, 0.3) is 0 Å². The smallest absolute Gasteiger partial charge is 0.328 e. The van der Waals surface area contributed by atoms with Crippen molar-refractivity contribution in [3.63, 3.8) is 0 Å². The molecule has 0 aromatic rings. The highest BCUT2D eigenvalue weighted by Gasteiger charge is 2.76. The van der Waals surface area contributed by atoms with E-state index < -0.39 is 11.6 Å². The lowest BCUT2D eigenvalue weighted by atomic mass is 9.47. The number of fused-ring (bicyclic) bond motifs is 7. The molecular formula is C24H30O4. The van der Waals surface area contributed by atoms with E-state index in [0.717, 1.165) is 50.2 Å². The minimum absolute atomic E-state index is 0.199. The predicted molar refractivity (Wildman–Crippen MR) is 105 cm³/mol. The molecule has 0 unspecified atom stereocenters. The van der Waals surface area contributed by atoms with Crippen molar-refractivity contribution in [1.29, 1.82) is 0 Å². The summed E-state index contributed by atoms with van der Waals surface area (Å²) in [6.45, 7) is 6.51. The van der Waals surface area contributed by atoms with E-state index in [0.29, 0.717) is 36.0 Å². The van der Waals surface area contributed by atoms with Gasteiger partial charge in [0.15, 0.2) is 5.78 Å². The molecule has 4 fully saturated rings. The van der Waals surface area contributed by atoms with Gasteiger partial charge in [0.1, 0.15) is 0 Å². The second-order valence-corrected chi connectivity index (χ2v) is 9.92. The molecule has 0 aliphatic heterocycles. The first kappa shape index (κ1) is 18.4. The maximum absolute atomic E-state index is 12.0. The van der Waals surface area contributed by atoms with Gasteiger partial charge in [-0.15, -0.1) is 0 Å². The molecule has 8 atom stereocenters. The van der Waals surface area contributed by atoms with E-state index >= 15 is 0 Å². The summed E-state index contributed by atoms with van der Waals surface area (Å²) in [5.74, 6) is 1.90. The van der Waals surface area contributed by atoms with Crippen LogP contribution >= 0.6 is 0 Å². The SMILES string of the molecule is C=C1C[C@@H]2[C@H](CC[C@@]3(CC)[C@H]2[C@@H]2C[C@@H]2[C@@]3(O)/C=C\C(=O)O)[C@H]2CCC(=O)C=C12. The molecule has 2 N–H and O–H groups in total. The summed E-state index contributed by atoms with van der Waals surface area (Å²) in [7, 11) is 0. The van der Waals surface area contributed by atoms with Crippen LogP contribution in [0.5, 0.6) is 0 Å². The van der Waals surface area contributed by atoms with Crippen LogP contribution in [0, 0.1) is 40.9 Å². The standard InChI is InChI=1S/C24H30O4/c1-3-23-8-6-16-15-5-4-14(25)11-17(15)13(2)10-18(16)22(23)19-12-20(19)24(23,28)9-7-21(26)27/h7,9,11,15-16,18-20,22,28H,2-6,8,10,12H2,1H3,(H,26,27)/b9-7-/t15-,16-,18-,19-,20+,22-,23+,24+/m1/s1. The third-order valence-electron chi connectivity index (χ3n) is 9.17. The molecule has 5 aliphatic rings. The number of carboxylic acid groups (broad SMARTS) is 1. The number of aliphatic carboxylic acids is 1. The quantitative estimate of drug-likeness (QED) is 0.726. The lowest BCUT2D eigenvalue weighted by Crippen LogP contribution is -2.56. The minimum atomic E-state index is -1.000. The fourth-order valence-corrected chi connectivity index (χ4v) is 8.14. The van der Waals surface area contributed by atoms with Gasteiger partial charge in [-0.05, 0) is 91.8 Å². The van der Waals surface area contributed by atoms with Gasteiger partial charge in [0.05, 0.1) is 5.60 Å². The van der Waals surface area contributed by atoms with Crippen LogP contribution in [0.2, 0.25) is 0 Å². The Morgan fingerprint density at radius 1 is 1.32 bits per heavy atom. The summed E-state index contributed by atoms with van der Waals surface area (Å²) in [4.78, 5) is 23.2. The molecule has 4 nitrogen and oxygen atoms in total. The second-order valence-electron chi connectivity index (χ2n) is 9.92. The molecule has 0 heterocycles. The number of hydrogen-bond acceptors (Lipinski definition) is 3. The first-order valence-corrected chi connectivity index (χ1v) is 10.9. The zero-order valence-electron chi connectivity index (χ0n) is 16.6. The Morgan fingerprint density at radius 2 is 2.11 bits per heavy atom. The average molecular weight is 383 g/mol. The number of ketones is 1. The van der Waals surface area contributed by atoms with Gasteiger partial charge >= 0.3 is 5.97 Å². The lowest BCUT2D eigenvalue weighted by Gasteiger charge is -2.58. The highest BCUT2D eigenvalue weighted by molar-refractivity contribution is 5.92. The molecule has 0 radical (unpaired) electrons. The first-order valence-electron chi connectivity index (χ1n) is 10.9. The van der Waals surface area contributed by atoms with Crippen molar-refractivity contribution >= 4 is 11.8 Å². The summed E-state index contributed by atoms with van der Waals surface area (Å²) < 4.78 is 0. The number of allylic oxidation sites excluding steroid dienone is 2. The van der Waals surface area contributed by atoms with Crippen LogP contribution in [0.25, 0.3) is 0 Å². The molecule has 5 aliphatic carbocycles. The van der Waals surface area contributed by atoms with Crippen molar-refractivity contribution in [2.45, 2.75) is 57.5 Å². The minimum Gasteiger partial charge on any atom is -0.478 e. The molecule has 28 heavy (non-hydrogen) atoms. The highest BCUT2D eigenvalue weighted by Crippen LogP contribution is 2.77. The average Bonchev–Trinajstić information content (AvgIpc) is 3.42. The number of carbonyl (C=O) groups is 2. The topological polar surface area (TPSA) is 74.6 Å². The van der Waals surface area contributed by atoms with Crippen LogP contribution < -0.4 is 0 Å². The van der Waals surface area contributed by atoms with Gasteiger partial charge in [0, 0.05) is 17.9 Å². The summed E-state index contributed by atoms with van der Waals surface area (Å²) in [6, 6.07) is 0. The molecule has 4 heteroatoms. The summed E-state index contributed by atoms with van der Waals surface area (Å²) in [6.07, 6.45) is 11.0. The third kappa shape index (κ3) is 2.21. The Kier molecular flexibility index (Phi) is 3.88. The fourth-order valence-electron chi connectivity index (χ4n) is 8.14. The predicted octanol–water partition coefficient (Wildman–Crippen LogP) is 3.91. The van der Waals surface area contributed by atoms with Crippen LogP contribution in [0.3, 0.4) is 0 Å². The molecule has 0 amide bonds. The van der Waals surface area contributed by atoms with Crippen LogP contribution in [-0.4, -0.2) is 27.6 Å². The van der Waals surface area contributed by atoms with E-state index in [1.807, 2.05) is 6.08 Å². The Balaban J connectivity index is 1.54. The summed E-state index contributed by atoms with van der Waals surface area (Å²) in [5, 5.41) is 21.0. The summed E-state index contributed by atoms with van der Waals surface area (Å²) in [5.41, 5.74) is 1.10. The van der Waals surface area contributed by atoms with Crippen molar-refractivity contribution in [2.75, 3.05) is 0 Å². The molecule has 4 saturated carbocycles. The Labute approximate surface area is 166 Å². The maximum atomic E-state index is 12.0. The van der Waals surface area contributed by atoms with Crippen LogP contribution in [0.1, 0.15) is 51.9 Å². The van der Waals surface area contributed by atoms with E-state index in [1.54, 1.807) is 6.08 Å². The number of hydrogen-bond donors (Lipinski definition) is 2. The largest absolute Gasteiger partial charge is 0.478 e. The van der Waals surface area contributed by atoms with Gasteiger partial charge in [-0.25, -0.2) is 4.79 Å². The van der Waals surface area contributed by atoms with Gasteiger partial charge in [-0.1, -0.05) is 19.1 Å². The number of carboxylic acids is 1. The number of rotatable bonds is 3. The molecule has 0 aromatic heterocycles. The monoisotopic (exact) mass is 382 g/mol. The molecule has 0 bridgehead atoms. The van der Waals surface area contributed by atoms with Crippen molar-refractivity contribution in [3.05, 3.63) is 36.0 Å². The third-order valence-corrected chi connectivity index (χ3v) is 9.17. The first-order chi connectivity index (χ1) is 13.3. The molecule has 0 aromatic carbocycles. The fraction of sp³-hybridized carbons (Fsp3) is 0.667. The molecular weight excluding hydrogens is 352 g/mol. The lowest BCUT2D eigenvalue weighted by molar-refractivity contribution is -0.133. The van der Waals surface area contributed by atoms with Crippen LogP contribution in [0.4, 0.5) is 0 Å². The molecule has 5 rings (SSSR count). The van der Waals surface area contributed by atoms with Crippen LogP contribution in [0.15, 0.2) is 36.0 Å². The van der Waals surface area contributed by atoms with E-state index in [1.165, 1.54) is 5.57 Å². The summed E-state index contributed by atoms with van der Waals surface area (Å²) >= 11 is 0. The Morgan fingerprint density at radius 3 is 2.82 bits per heavy atom. The highest BCUT2D eigenvalue weighted by atomic mass is 16.4. The van der Waals surface area contributed by atoms with Crippen molar-refractivity contribution in [3.8, 4) is 0 Å². The van der Waals surface area contributed by atoms with E-state index in [-0.39, 0.29) is 17.1 Å². The van der Waals surface area contributed by atoms with Crippen molar-refractivity contribution in [2.24, 2.45) is 40.9 Å². The van der Waals surface area contributed by atoms with Crippen LogP contribution in [-0.2, 0) is 9.59 Å². The van der Waals surface area contributed by atoms with E-state index in [9.17, 15) is 19.8 Å². The van der Waals surface area contributed by atoms with Gasteiger partial charge < -0.3 is 10.2 Å². The van der Waals surface area contributed by atoms with E-state index in [2.05, 4.69) is 13.5 Å². The number of aliphatic hydroxyl groups is 1. The van der Waals surface area contributed by atoms with Gasteiger partial charge in [0.2, 0.25) is 0 Å². The van der Waals surface area contributed by atoms with Gasteiger partial charge in [-0.2, -0.15) is 0 Å². The van der Waals surface area contributed by atoms with E-state index in [4.69, 9.17) is 0 Å². The number of carbonyl (C=O) groups excluding carboxylic acids is 1. The van der Waals surface area contributed by atoms with Gasteiger partial charge in [-0.3, -0.25) is 4.79 Å². The van der Waals surface area contributed by atoms with Crippen molar-refractivity contribution < 1.29 is 19.8 Å². The Hall–Kier alpha value is -1.68. The second kappa shape index (κ2) is 5.91. The molecule has 0 saturated heterocycles.